The fourth-order valence-electron chi connectivity index (χ4n) is 2.34. The number of nitrogens with zero attached hydrogens (tertiary/aromatic N) is 2. The van der Waals surface area contributed by atoms with Crippen LogP contribution in [0.4, 0.5) is 0 Å². The van der Waals surface area contributed by atoms with Crippen LogP contribution in [0, 0.1) is 0 Å². The van der Waals surface area contributed by atoms with E-state index in [1.165, 1.54) is 12.4 Å². The van der Waals surface area contributed by atoms with Gasteiger partial charge in [-0.2, -0.15) is 10.2 Å². The summed E-state index contributed by atoms with van der Waals surface area (Å²) in [6.45, 7) is 0. The first-order valence-electron chi connectivity index (χ1n) is 9.17. The summed E-state index contributed by atoms with van der Waals surface area (Å²) in [6.07, 6.45) is 8.11. The fraction of sp³-hybridized carbons (Fsp3) is 0.368. The van der Waals surface area contributed by atoms with E-state index in [2.05, 4.69) is 52.9 Å². The fourth-order valence-corrected chi connectivity index (χ4v) is 2.98. The van der Waals surface area contributed by atoms with Crippen LogP contribution >= 0.6 is 31.9 Å². The molecule has 2 heterocycles. The second-order valence-electron chi connectivity index (χ2n) is 6.14. The second-order valence-corrected chi connectivity index (χ2v) is 7.70. The third-order valence-electron chi connectivity index (χ3n) is 3.76. The lowest BCUT2D eigenvalue weighted by Gasteiger charge is -2.02. The summed E-state index contributed by atoms with van der Waals surface area (Å²) in [7, 11) is 0. The molecule has 0 saturated heterocycles. The molecule has 0 atom stereocenters. The van der Waals surface area contributed by atoms with Gasteiger partial charge in [-0.1, -0.05) is 19.3 Å². The first-order valence-corrected chi connectivity index (χ1v) is 10.8. The molecule has 0 bridgehead atoms. The van der Waals surface area contributed by atoms with E-state index in [4.69, 9.17) is 8.83 Å². The Morgan fingerprint density at radius 3 is 1.55 bits per heavy atom. The Bertz CT molecular complexity index is 777. The first-order chi connectivity index (χ1) is 14.0. The van der Waals surface area contributed by atoms with E-state index in [1.807, 2.05) is 0 Å². The Morgan fingerprint density at radius 2 is 1.17 bits per heavy atom. The van der Waals surface area contributed by atoms with Gasteiger partial charge in [0.1, 0.15) is 11.5 Å². The van der Waals surface area contributed by atoms with Crippen molar-refractivity contribution < 1.29 is 18.4 Å². The number of hydrogen-bond donors (Lipinski definition) is 2. The highest BCUT2D eigenvalue weighted by molar-refractivity contribution is 9.10. The Balaban J connectivity index is 1.44. The largest absolute Gasteiger partial charge is 0.448 e. The lowest BCUT2D eigenvalue weighted by molar-refractivity contribution is -0.121. The van der Waals surface area contributed by atoms with Crippen LogP contribution in [0.1, 0.15) is 56.5 Å². The van der Waals surface area contributed by atoms with Crippen molar-refractivity contribution in [1.82, 2.24) is 10.9 Å². The van der Waals surface area contributed by atoms with Gasteiger partial charge < -0.3 is 8.83 Å². The molecule has 2 aromatic heterocycles. The number of furan rings is 2. The van der Waals surface area contributed by atoms with E-state index >= 15 is 0 Å². The molecule has 0 aliphatic rings. The van der Waals surface area contributed by atoms with Crippen LogP contribution in [0.25, 0.3) is 0 Å². The average molecular weight is 530 g/mol. The molecule has 2 amide bonds. The summed E-state index contributed by atoms with van der Waals surface area (Å²) in [6, 6.07) is 6.98. The monoisotopic (exact) mass is 528 g/mol. The van der Waals surface area contributed by atoms with E-state index in [9.17, 15) is 9.59 Å². The number of unbranched alkanes of at least 4 members (excludes halogenated alkanes) is 4. The van der Waals surface area contributed by atoms with Crippen LogP contribution in [0.3, 0.4) is 0 Å². The molecular weight excluding hydrogens is 508 g/mol. The summed E-state index contributed by atoms with van der Waals surface area (Å²) >= 11 is 6.38. The number of carbonyl (C=O) groups excluding carboxylic acids is 2. The number of amides is 2. The molecule has 0 fully saturated rings. The van der Waals surface area contributed by atoms with Crippen LogP contribution in [0.15, 0.2) is 52.6 Å². The van der Waals surface area contributed by atoms with Crippen LogP contribution in [-0.4, -0.2) is 24.2 Å². The zero-order valence-corrected chi connectivity index (χ0v) is 18.9. The van der Waals surface area contributed by atoms with Crippen LogP contribution in [-0.2, 0) is 9.59 Å². The Morgan fingerprint density at radius 1 is 0.759 bits per heavy atom. The van der Waals surface area contributed by atoms with Crippen LogP contribution in [0.2, 0.25) is 0 Å². The zero-order chi connectivity index (χ0) is 20.9. The SMILES string of the molecule is O=C(CCCCCCCC(=O)N/N=C\c1ccc(Br)o1)N/N=C\c1ccc(Br)o1. The van der Waals surface area contributed by atoms with Crippen molar-refractivity contribution in [3.8, 4) is 0 Å². The van der Waals surface area contributed by atoms with E-state index in [-0.39, 0.29) is 11.8 Å². The molecule has 2 rings (SSSR count). The molecule has 0 unspecified atom stereocenters. The van der Waals surface area contributed by atoms with Crippen molar-refractivity contribution in [3.63, 3.8) is 0 Å². The number of halogens is 2. The predicted molar refractivity (Wildman–Crippen MR) is 117 cm³/mol. The highest BCUT2D eigenvalue weighted by atomic mass is 79.9. The van der Waals surface area contributed by atoms with Gasteiger partial charge in [-0.3, -0.25) is 9.59 Å². The topological polar surface area (TPSA) is 109 Å². The quantitative estimate of drug-likeness (QED) is 0.235. The van der Waals surface area contributed by atoms with Crippen molar-refractivity contribution in [2.45, 2.75) is 44.9 Å². The van der Waals surface area contributed by atoms with Gasteiger partial charge in [0.05, 0.1) is 12.4 Å². The molecule has 2 N–H and O–H groups in total. The van der Waals surface area contributed by atoms with Crippen molar-refractivity contribution in [2.24, 2.45) is 10.2 Å². The maximum atomic E-state index is 11.7. The van der Waals surface area contributed by atoms with Gasteiger partial charge in [-0.15, -0.1) is 0 Å². The van der Waals surface area contributed by atoms with Crippen molar-refractivity contribution in [1.29, 1.82) is 0 Å². The van der Waals surface area contributed by atoms with E-state index in [0.29, 0.717) is 33.7 Å². The smallest absolute Gasteiger partial charge is 0.240 e. The Hall–Kier alpha value is -2.20. The molecule has 0 aliphatic heterocycles. The van der Waals surface area contributed by atoms with Gasteiger partial charge in [0, 0.05) is 12.8 Å². The predicted octanol–water partition coefficient (Wildman–Crippen LogP) is 4.73. The minimum Gasteiger partial charge on any atom is -0.448 e. The molecule has 0 aliphatic carbocycles. The van der Waals surface area contributed by atoms with Crippen molar-refractivity contribution in [2.75, 3.05) is 0 Å². The minimum atomic E-state index is -0.132. The summed E-state index contributed by atoms with van der Waals surface area (Å²) < 4.78 is 11.7. The molecule has 156 valence electrons. The molecule has 29 heavy (non-hydrogen) atoms. The minimum absolute atomic E-state index is 0.132. The number of carbonyl (C=O) groups is 2. The molecule has 10 heteroatoms. The normalized spacial score (nSPS) is 11.4. The molecule has 0 aromatic carbocycles. The van der Waals surface area contributed by atoms with Gasteiger partial charge >= 0.3 is 0 Å². The highest BCUT2D eigenvalue weighted by Gasteiger charge is 2.02. The number of nitrogens with one attached hydrogen (secondary N) is 2. The summed E-state index contributed by atoms with van der Waals surface area (Å²) in [5.41, 5.74) is 4.94. The highest BCUT2D eigenvalue weighted by Crippen LogP contribution is 2.13. The zero-order valence-electron chi connectivity index (χ0n) is 15.7. The number of hydrazone groups is 2. The maximum absolute atomic E-state index is 11.7. The Kier molecular flexibility index (Phi) is 10.4. The first kappa shape index (κ1) is 23.1. The van der Waals surface area contributed by atoms with E-state index < -0.39 is 0 Å². The second kappa shape index (κ2) is 13.1. The summed E-state index contributed by atoms with van der Waals surface area (Å²) in [5, 5.41) is 7.69. The summed E-state index contributed by atoms with van der Waals surface area (Å²) in [4.78, 5) is 23.4. The molecular formula is C19H22Br2N4O4. The van der Waals surface area contributed by atoms with Gasteiger partial charge in [0.15, 0.2) is 9.34 Å². The lowest BCUT2D eigenvalue weighted by atomic mass is 10.1. The van der Waals surface area contributed by atoms with E-state index in [1.54, 1.807) is 24.3 Å². The number of hydrogen-bond acceptors (Lipinski definition) is 6. The van der Waals surface area contributed by atoms with Crippen LogP contribution < -0.4 is 10.9 Å². The maximum Gasteiger partial charge on any atom is 0.240 e. The number of rotatable bonds is 12. The third kappa shape index (κ3) is 10.2. The van der Waals surface area contributed by atoms with Gasteiger partial charge in [0.2, 0.25) is 11.8 Å². The standard InChI is InChI=1S/C19H22Br2N4O4/c20-16-10-8-14(28-16)12-22-24-18(26)6-4-2-1-3-5-7-19(27)25-23-13-15-9-11-17(21)29-15/h8-13H,1-7H2,(H,24,26)(H,25,27)/b22-12-,23-13-. The van der Waals surface area contributed by atoms with Gasteiger partial charge in [-0.05, 0) is 69.0 Å². The third-order valence-corrected chi connectivity index (χ3v) is 4.61. The van der Waals surface area contributed by atoms with Gasteiger partial charge in [0.25, 0.3) is 0 Å². The van der Waals surface area contributed by atoms with Gasteiger partial charge in [-0.25, -0.2) is 10.9 Å². The van der Waals surface area contributed by atoms with Crippen molar-refractivity contribution in [3.05, 3.63) is 45.1 Å². The Labute approximate surface area is 185 Å². The molecule has 8 nitrogen and oxygen atoms in total. The molecule has 0 saturated carbocycles. The molecule has 2 aromatic rings. The van der Waals surface area contributed by atoms with Crippen LogP contribution in [0.5, 0.6) is 0 Å². The average Bonchev–Trinajstić information content (AvgIpc) is 3.29. The molecule has 0 radical (unpaired) electrons. The summed E-state index contributed by atoms with van der Waals surface area (Å²) in [5.74, 6) is 0.849. The van der Waals surface area contributed by atoms with Crippen molar-refractivity contribution >= 4 is 56.1 Å². The lowest BCUT2D eigenvalue weighted by Crippen LogP contribution is -2.17. The molecule has 0 spiro atoms. The van der Waals surface area contributed by atoms with E-state index in [0.717, 1.165) is 32.1 Å².